The fourth-order valence-electron chi connectivity index (χ4n) is 2.31. The number of nitrogens with one attached hydrogen (secondary N) is 1. The first kappa shape index (κ1) is 14.8. The lowest BCUT2D eigenvalue weighted by Crippen LogP contribution is -2.30. The SMILES string of the molecule is CC(CCCC(F)(F)F)NCC1CCC(O)C1. The highest BCUT2D eigenvalue weighted by atomic mass is 19.4. The quantitative estimate of drug-likeness (QED) is 0.763. The minimum atomic E-state index is -4.03. The Bertz CT molecular complexity index is 220. The zero-order valence-electron chi connectivity index (χ0n) is 10.3. The van der Waals surface area contributed by atoms with Crippen LogP contribution >= 0.6 is 0 Å². The first-order valence-electron chi connectivity index (χ1n) is 6.35. The van der Waals surface area contributed by atoms with Crippen LogP contribution < -0.4 is 5.32 Å². The molecule has 3 atom stereocenters. The van der Waals surface area contributed by atoms with E-state index in [1.54, 1.807) is 0 Å². The third-order valence-corrected chi connectivity index (χ3v) is 3.37. The number of aliphatic hydroxyl groups excluding tert-OH is 1. The van der Waals surface area contributed by atoms with Crippen molar-refractivity contribution >= 4 is 0 Å². The van der Waals surface area contributed by atoms with Gasteiger partial charge in [-0.3, -0.25) is 0 Å². The van der Waals surface area contributed by atoms with Gasteiger partial charge in [0.25, 0.3) is 0 Å². The Morgan fingerprint density at radius 3 is 2.59 bits per heavy atom. The molecular weight excluding hydrogens is 231 g/mol. The zero-order valence-corrected chi connectivity index (χ0v) is 10.3. The molecule has 1 saturated carbocycles. The average molecular weight is 253 g/mol. The molecule has 0 radical (unpaired) electrons. The van der Waals surface area contributed by atoms with Crippen LogP contribution in [0.2, 0.25) is 0 Å². The molecule has 0 aromatic rings. The summed E-state index contributed by atoms with van der Waals surface area (Å²) in [5, 5.41) is 12.6. The smallest absolute Gasteiger partial charge is 0.389 e. The van der Waals surface area contributed by atoms with Crippen LogP contribution in [0.3, 0.4) is 0 Å². The maximum atomic E-state index is 11.9. The molecule has 0 spiro atoms. The van der Waals surface area contributed by atoms with Crippen molar-refractivity contribution in [2.24, 2.45) is 5.92 Å². The van der Waals surface area contributed by atoms with Gasteiger partial charge in [0.05, 0.1) is 6.10 Å². The molecule has 102 valence electrons. The molecule has 0 amide bonds. The number of aliphatic hydroxyl groups is 1. The summed E-state index contributed by atoms with van der Waals surface area (Å²) in [7, 11) is 0. The molecule has 0 bridgehead atoms. The van der Waals surface area contributed by atoms with Crippen LogP contribution in [-0.2, 0) is 0 Å². The van der Waals surface area contributed by atoms with Gasteiger partial charge in [0.1, 0.15) is 0 Å². The third-order valence-electron chi connectivity index (χ3n) is 3.37. The highest BCUT2D eigenvalue weighted by Crippen LogP contribution is 2.25. The Labute approximate surface area is 101 Å². The van der Waals surface area contributed by atoms with E-state index in [0.717, 1.165) is 25.8 Å². The molecule has 1 aliphatic carbocycles. The van der Waals surface area contributed by atoms with E-state index in [1.807, 2.05) is 6.92 Å². The first-order valence-corrected chi connectivity index (χ1v) is 6.35. The molecule has 3 unspecified atom stereocenters. The van der Waals surface area contributed by atoms with Gasteiger partial charge in [-0.25, -0.2) is 0 Å². The van der Waals surface area contributed by atoms with Crippen LogP contribution in [0.25, 0.3) is 0 Å². The summed E-state index contributed by atoms with van der Waals surface area (Å²) < 4.78 is 35.8. The fourth-order valence-corrected chi connectivity index (χ4v) is 2.31. The Balaban J connectivity index is 2.03. The van der Waals surface area contributed by atoms with Crippen LogP contribution in [0.1, 0.15) is 45.4 Å². The van der Waals surface area contributed by atoms with Gasteiger partial charge in [-0.15, -0.1) is 0 Å². The lowest BCUT2D eigenvalue weighted by molar-refractivity contribution is -0.135. The highest BCUT2D eigenvalue weighted by molar-refractivity contribution is 4.77. The summed E-state index contributed by atoms with van der Waals surface area (Å²) in [6.45, 7) is 2.73. The highest BCUT2D eigenvalue weighted by Gasteiger charge is 2.26. The van der Waals surface area contributed by atoms with Crippen molar-refractivity contribution in [3.63, 3.8) is 0 Å². The number of alkyl halides is 3. The Hall–Kier alpha value is -0.290. The molecule has 0 aliphatic heterocycles. The van der Waals surface area contributed by atoms with Crippen LogP contribution in [0, 0.1) is 5.92 Å². The van der Waals surface area contributed by atoms with E-state index in [-0.39, 0.29) is 18.6 Å². The number of rotatable bonds is 6. The molecule has 2 N–H and O–H groups in total. The van der Waals surface area contributed by atoms with Gasteiger partial charge in [-0.2, -0.15) is 13.2 Å². The molecule has 0 heterocycles. The van der Waals surface area contributed by atoms with Gasteiger partial charge < -0.3 is 10.4 Å². The molecule has 1 fully saturated rings. The lowest BCUT2D eigenvalue weighted by atomic mass is 10.1. The molecule has 2 nitrogen and oxygen atoms in total. The molecule has 17 heavy (non-hydrogen) atoms. The molecule has 1 aliphatic rings. The average Bonchev–Trinajstić information content (AvgIpc) is 2.59. The van der Waals surface area contributed by atoms with Gasteiger partial charge in [0, 0.05) is 12.5 Å². The van der Waals surface area contributed by atoms with E-state index in [9.17, 15) is 18.3 Å². The van der Waals surface area contributed by atoms with Crippen LogP contribution in [0.15, 0.2) is 0 Å². The first-order chi connectivity index (χ1) is 7.87. The summed E-state index contributed by atoms with van der Waals surface area (Å²) in [6, 6.07) is 0.120. The van der Waals surface area contributed by atoms with Gasteiger partial charge in [-0.1, -0.05) is 0 Å². The Morgan fingerprint density at radius 2 is 2.06 bits per heavy atom. The minimum absolute atomic E-state index is 0.120. The molecule has 0 aromatic carbocycles. The van der Waals surface area contributed by atoms with E-state index in [1.165, 1.54) is 0 Å². The van der Waals surface area contributed by atoms with Crippen molar-refractivity contribution in [3.8, 4) is 0 Å². The van der Waals surface area contributed by atoms with Gasteiger partial charge in [-0.05, 0) is 51.5 Å². The Kier molecular flexibility index (Phi) is 5.73. The summed E-state index contributed by atoms with van der Waals surface area (Å²) in [4.78, 5) is 0. The van der Waals surface area contributed by atoms with Crippen molar-refractivity contribution in [2.75, 3.05) is 6.54 Å². The lowest BCUT2D eigenvalue weighted by Gasteiger charge is -2.17. The van der Waals surface area contributed by atoms with E-state index >= 15 is 0 Å². The van der Waals surface area contributed by atoms with Gasteiger partial charge in [0.15, 0.2) is 0 Å². The molecule has 5 heteroatoms. The largest absolute Gasteiger partial charge is 0.393 e. The van der Waals surface area contributed by atoms with E-state index in [2.05, 4.69) is 5.32 Å². The molecular formula is C12H22F3NO. The van der Waals surface area contributed by atoms with Gasteiger partial charge in [0.2, 0.25) is 0 Å². The fraction of sp³-hybridized carbons (Fsp3) is 1.00. The molecule has 1 rings (SSSR count). The van der Waals surface area contributed by atoms with Crippen molar-refractivity contribution in [2.45, 2.75) is 63.8 Å². The summed E-state index contributed by atoms with van der Waals surface area (Å²) >= 11 is 0. The minimum Gasteiger partial charge on any atom is -0.393 e. The number of hydrogen-bond donors (Lipinski definition) is 2. The van der Waals surface area contributed by atoms with Crippen molar-refractivity contribution in [1.29, 1.82) is 0 Å². The van der Waals surface area contributed by atoms with Gasteiger partial charge >= 0.3 is 6.18 Å². The van der Waals surface area contributed by atoms with Crippen LogP contribution in [0.4, 0.5) is 13.2 Å². The van der Waals surface area contributed by atoms with Crippen molar-refractivity contribution in [1.82, 2.24) is 5.32 Å². The second-order valence-corrected chi connectivity index (χ2v) is 5.15. The van der Waals surface area contributed by atoms with E-state index in [0.29, 0.717) is 12.3 Å². The van der Waals surface area contributed by atoms with Crippen LogP contribution in [-0.4, -0.2) is 30.0 Å². The van der Waals surface area contributed by atoms with Crippen molar-refractivity contribution in [3.05, 3.63) is 0 Å². The standard InChI is InChI=1S/C12H22F3NO/c1-9(3-2-6-12(13,14)15)16-8-10-4-5-11(17)7-10/h9-11,16-17H,2-8H2,1H3. The van der Waals surface area contributed by atoms with Crippen molar-refractivity contribution < 1.29 is 18.3 Å². The van der Waals surface area contributed by atoms with Crippen LogP contribution in [0.5, 0.6) is 0 Å². The van der Waals surface area contributed by atoms with E-state index in [4.69, 9.17) is 0 Å². The number of halogens is 3. The predicted molar refractivity (Wildman–Crippen MR) is 60.7 cm³/mol. The summed E-state index contributed by atoms with van der Waals surface area (Å²) in [5.41, 5.74) is 0. The normalized spacial score (nSPS) is 27.4. The maximum Gasteiger partial charge on any atom is 0.389 e. The molecule has 0 saturated heterocycles. The second kappa shape index (κ2) is 6.59. The molecule has 0 aromatic heterocycles. The third kappa shape index (κ3) is 6.88. The predicted octanol–water partition coefficient (Wildman–Crippen LogP) is 2.86. The second-order valence-electron chi connectivity index (χ2n) is 5.15. The maximum absolute atomic E-state index is 11.9. The number of hydrogen-bond acceptors (Lipinski definition) is 2. The topological polar surface area (TPSA) is 32.3 Å². The summed E-state index contributed by atoms with van der Waals surface area (Å²) in [6.07, 6.45) is -1.47. The zero-order chi connectivity index (χ0) is 12.9. The summed E-state index contributed by atoms with van der Waals surface area (Å²) in [5.74, 6) is 0.482. The Morgan fingerprint density at radius 1 is 1.35 bits per heavy atom. The monoisotopic (exact) mass is 253 g/mol. The van der Waals surface area contributed by atoms with E-state index < -0.39 is 12.6 Å².